The van der Waals surface area contributed by atoms with Crippen molar-refractivity contribution < 1.29 is 9.59 Å². The number of hydrogen-bond donors (Lipinski definition) is 3. The third-order valence-corrected chi connectivity index (χ3v) is 3.93. The van der Waals surface area contributed by atoms with Crippen molar-refractivity contribution >= 4 is 23.2 Å². The highest BCUT2D eigenvalue weighted by molar-refractivity contribution is 5.95. The van der Waals surface area contributed by atoms with Gasteiger partial charge in [-0.3, -0.25) is 9.59 Å². The standard InChI is InChI=1S/C20H25N3O2/c1-4-15(3)22-20(25)16-7-11-17(12-8-16)21-13-19(24)23-18-9-5-14(2)6-10-18/h5-12,15,21H,4,13H2,1-3H3,(H,22,25)(H,23,24). The summed E-state index contributed by atoms with van der Waals surface area (Å²) in [4.78, 5) is 24.0. The van der Waals surface area contributed by atoms with Gasteiger partial charge >= 0.3 is 0 Å². The van der Waals surface area contributed by atoms with Crippen molar-refractivity contribution in [3.8, 4) is 0 Å². The van der Waals surface area contributed by atoms with Gasteiger partial charge < -0.3 is 16.0 Å². The van der Waals surface area contributed by atoms with Gasteiger partial charge in [-0.15, -0.1) is 0 Å². The fourth-order valence-electron chi connectivity index (χ4n) is 2.17. The van der Waals surface area contributed by atoms with Gasteiger partial charge in [-0.05, 0) is 56.7 Å². The molecule has 2 aromatic carbocycles. The number of aryl methyl sites for hydroxylation is 1. The van der Waals surface area contributed by atoms with Crippen molar-refractivity contribution in [2.24, 2.45) is 0 Å². The van der Waals surface area contributed by atoms with Crippen LogP contribution >= 0.6 is 0 Å². The van der Waals surface area contributed by atoms with E-state index in [1.807, 2.05) is 45.0 Å². The third-order valence-electron chi connectivity index (χ3n) is 3.93. The second-order valence-electron chi connectivity index (χ2n) is 6.13. The van der Waals surface area contributed by atoms with Crippen LogP contribution in [0.15, 0.2) is 48.5 Å². The molecule has 0 saturated carbocycles. The number of amides is 2. The van der Waals surface area contributed by atoms with E-state index in [1.54, 1.807) is 24.3 Å². The van der Waals surface area contributed by atoms with Crippen molar-refractivity contribution in [3.63, 3.8) is 0 Å². The summed E-state index contributed by atoms with van der Waals surface area (Å²) in [7, 11) is 0. The maximum absolute atomic E-state index is 12.0. The summed E-state index contributed by atoms with van der Waals surface area (Å²) in [6, 6.07) is 14.9. The molecular formula is C20H25N3O2. The molecule has 0 fully saturated rings. The summed E-state index contributed by atoms with van der Waals surface area (Å²) < 4.78 is 0. The number of anilines is 2. The average Bonchev–Trinajstić information content (AvgIpc) is 2.62. The van der Waals surface area contributed by atoms with Gasteiger partial charge in [0.1, 0.15) is 0 Å². The highest BCUT2D eigenvalue weighted by Crippen LogP contribution is 2.11. The molecule has 0 radical (unpaired) electrons. The van der Waals surface area contributed by atoms with Crippen molar-refractivity contribution in [1.29, 1.82) is 0 Å². The summed E-state index contributed by atoms with van der Waals surface area (Å²) >= 11 is 0. The molecule has 0 bridgehead atoms. The first-order valence-electron chi connectivity index (χ1n) is 8.49. The Bertz CT molecular complexity index is 709. The van der Waals surface area contributed by atoms with Crippen LogP contribution < -0.4 is 16.0 Å². The van der Waals surface area contributed by atoms with Crippen LogP contribution in [0.25, 0.3) is 0 Å². The number of rotatable bonds is 7. The van der Waals surface area contributed by atoms with Gasteiger partial charge in [0.15, 0.2) is 0 Å². The van der Waals surface area contributed by atoms with Crippen LogP contribution in [-0.2, 0) is 4.79 Å². The fraction of sp³-hybridized carbons (Fsp3) is 0.300. The maximum atomic E-state index is 12.0. The minimum absolute atomic E-state index is 0.0852. The van der Waals surface area contributed by atoms with Crippen LogP contribution in [-0.4, -0.2) is 24.4 Å². The minimum Gasteiger partial charge on any atom is -0.376 e. The highest BCUT2D eigenvalue weighted by Gasteiger charge is 2.08. The first kappa shape index (κ1) is 18.5. The summed E-state index contributed by atoms with van der Waals surface area (Å²) in [6.45, 7) is 6.16. The van der Waals surface area contributed by atoms with Crippen LogP contribution in [0.2, 0.25) is 0 Å². The molecule has 0 aliphatic carbocycles. The topological polar surface area (TPSA) is 70.2 Å². The van der Waals surface area contributed by atoms with Crippen LogP contribution in [0, 0.1) is 6.92 Å². The summed E-state index contributed by atoms with van der Waals surface area (Å²) in [5.41, 5.74) is 3.32. The van der Waals surface area contributed by atoms with E-state index in [4.69, 9.17) is 0 Å². The van der Waals surface area contributed by atoms with E-state index in [-0.39, 0.29) is 24.4 Å². The summed E-state index contributed by atoms with van der Waals surface area (Å²) in [5.74, 6) is -0.208. The SMILES string of the molecule is CCC(C)NC(=O)c1ccc(NCC(=O)Nc2ccc(C)cc2)cc1. The molecule has 2 aromatic rings. The monoisotopic (exact) mass is 339 g/mol. The fourth-order valence-corrected chi connectivity index (χ4v) is 2.17. The molecule has 132 valence electrons. The smallest absolute Gasteiger partial charge is 0.251 e. The van der Waals surface area contributed by atoms with E-state index in [2.05, 4.69) is 16.0 Å². The van der Waals surface area contributed by atoms with Gasteiger partial charge in [0.2, 0.25) is 5.91 Å². The molecule has 0 heterocycles. The molecule has 0 saturated heterocycles. The maximum Gasteiger partial charge on any atom is 0.251 e. The van der Waals surface area contributed by atoms with E-state index in [0.717, 1.165) is 23.4 Å². The molecule has 2 rings (SSSR count). The van der Waals surface area contributed by atoms with Gasteiger partial charge in [0.05, 0.1) is 6.54 Å². The zero-order valence-corrected chi connectivity index (χ0v) is 14.9. The Morgan fingerprint density at radius 1 is 0.960 bits per heavy atom. The Kier molecular flexibility index (Phi) is 6.57. The van der Waals surface area contributed by atoms with Crippen LogP contribution in [0.3, 0.4) is 0 Å². The lowest BCUT2D eigenvalue weighted by atomic mass is 10.1. The van der Waals surface area contributed by atoms with E-state index in [0.29, 0.717) is 5.56 Å². The molecule has 2 amide bonds. The summed E-state index contributed by atoms with van der Waals surface area (Å²) in [6.07, 6.45) is 0.890. The van der Waals surface area contributed by atoms with Crippen molar-refractivity contribution in [3.05, 3.63) is 59.7 Å². The van der Waals surface area contributed by atoms with Crippen molar-refractivity contribution in [2.75, 3.05) is 17.2 Å². The summed E-state index contributed by atoms with van der Waals surface area (Å²) in [5, 5.41) is 8.81. The van der Waals surface area contributed by atoms with E-state index in [1.165, 1.54) is 0 Å². The van der Waals surface area contributed by atoms with Gasteiger partial charge in [-0.2, -0.15) is 0 Å². The normalized spacial score (nSPS) is 11.5. The Morgan fingerprint density at radius 2 is 1.56 bits per heavy atom. The predicted molar refractivity (Wildman–Crippen MR) is 102 cm³/mol. The van der Waals surface area contributed by atoms with Crippen LogP contribution in [0.1, 0.15) is 36.2 Å². The first-order chi connectivity index (χ1) is 12.0. The number of benzene rings is 2. The second kappa shape index (κ2) is 8.87. The minimum atomic E-state index is -0.123. The van der Waals surface area contributed by atoms with Gasteiger partial charge in [-0.1, -0.05) is 24.6 Å². The Hall–Kier alpha value is -2.82. The van der Waals surface area contributed by atoms with Gasteiger partial charge in [-0.25, -0.2) is 0 Å². The Balaban J connectivity index is 1.83. The average molecular weight is 339 g/mol. The van der Waals surface area contributed by atoms with Crippen LogP contribution in [0.5, 0.6) is 0 Å². The molecule has 0 aliphatic rings. The van der Waals surface area contributed by atoms with E-state index >= 15 is 0 Å². The molecular weight excluding hydrogens is 314 g/mol. The predicted octanol–water partition coefficient (Wildman–Crippen LogP) is 3.57. The molecule has 0 spiro atoms. The van der Waals surface area contributed by atoms with E-state index < -0.39 is 0 Å². The Morgan fingerprint density at radius 3 is 2.16 bits per heavy atom. The zero-order valence-electron chi connectivity index (χ0n) is 14.9. The lowest BCUT2D eigenvalue weighted by Crippen LogP contribution is -2.31. The molecule has 1 unspecified atom stereocenters. The molecule has 5 heteroatoms. The molecule has 1 atom stereocenters. The number of carbonyl (C=O) groups is 2. The Labute approximate surface area is 148 Å². The molecule has 25 heavy (non-hydrogen) atoms. The van der Waals surface area contributed by atoms with Crippen molar-refractivity contribution in [2.45, 2.75) is 33.2 Å². The first-order valence-corrected chi connectivity index (χ1v) is 8.49. The van der Waals surface area contributed by atoms with E-state index in [9.17, 15) is 9.59 Å². The molecule has 0 aromatic heterocycles. The molecule has 0 aliphatic heterocycles. The van der Waals surface area contributed by atoms with Gasteiger partial charge in [0, 0.05) is 23.0 Å². The largest absolute Gasteiger partial charge is 0.376 e. The number of hydrogen-bond acceptors (Lipinski definition) is 3. The number of nitrogens with one attached hydrogen (secondary N) is 3. The van der Waals surface area contributed by atoms with Crippen molar-refractivity contribution in [1.82, 2.24) is 5.32 Å². The molecule has 5 nitrogen and oxygen atoms in total. The quantitative estimate of drug-likeness (QED) is 0.722. The van der Waals surface area contributed by atoms with Gasteiger partial charge in [0.25, 0.3) is 5.91 Å². The lowest BCUT2D eigenvalue weighted by molar-refractivity contribution is -0.114. The van der Waals surface area contributed by atoms with Crippen LogP contribution in [0.4, 0.5) is 11.4 Å². The zero-order chi connectivity index (χ0) is 18.2. The number of carbonyl (C=O) groups excluding carboxylic acids is 2. The third kappa shape index (κ3) is 5.95. The second-order valence-corrected chi connectivity index (χ2v) is 6.13. The molecule has 3 N–H and O–H groups in total. The highest BCUT2D eigenvalue weighted by atomic mass is 16.2. The lowest BCUT2D eigenvalue weighted by Gasteiger charge is -2.12.